The highest BCUT2D eigenvalue weighted by molar-refractivity contribution is 6.30. The summed E-state index contributed by atoms with van der Waals surface area (Å²) in [5.41, 5.74) is 0.961. The van der Waals surface area contributed by atoms with Crippen LogP contribution in [-0.2, 0) is 11.3 Å². The molecular formula is C13H14Cl2N2O. The van der Waals surface area contributed by atoms with Crippen LogP contribution in [0.2, 0.25) is 5.02 Å². The molecule has 96 valence electrons. The molecule has 1 atom stereocenters. The molecule has 0 fully saturated rings. The largest absolute Gasteiger partial charge is 0.333 e. The zero-order valence-electron chi connectivity index (χ0n) is 10.1. The first kappa shape index (κ1) is 14.8. The van der Waals surface area contributed by atoms with Gasteiger partial charge in [-0.05, 0) is 17.7 Å². The maximum Gasteiger partial charge on any atom is 0.220 e. The topological polar surface area (TPSA) is 44.1 Å². The van der Waals surface area contributed by atoms with Gasteiger partial charge in [0.25, 0.3) is 0 Å². The van der Waals surface area contributed by atoms with E-state index in [1.54, 1.807) is 17.0 Å². The lowest BCUT2D eigenvalue weighted by atomic mass is 10.1. The molecule has 1 rings (SSSR count). The Balaban J connectivity index is 2.83. The van der Waals surface area contributed by atoms with Gasteiger partial charge in [-0.15, -0.1) is 11.6 Å². The number of halogens is 2. The van der Waals surface area contributed by atoms with Gasteiger partial charge in [0.2, 0.25) is 5.91 Å². The third kappa shape index (κ3) is 4.21. The minimum absolute atomic E-state index is 0.0918. The Kier molecular flexibility index (Phi) is 5.97. The van der Waals surface area contributed by atoms with Crippen LogP contribution >= 0.6 is 23.2 Å². The number of nitriles is 1. The average molecular weight is 285 g/mol. The van der Waals surface area contributed by atoms with Crippen molar-refractivity contribution < 1.29 is 4.79 Å². The average Bonchev–Trinajstić information content (AvgIpc) is 2.35. The van der Waals surface area contributed by atoms with Gasteiger partial charge in [-0.1, -0.05) is 23.7 Å². The summed E-state index contributed by atoms with van der Waals surface area (Å²) in [5.74, 6) is 0.159. The monoisotopic (exact) mass is 284 g/mol. The molecule has 0 aliphatic heterocycles. The van der Waals surface area contributed by atoms with Crippen LogP contribution in [0.5, 0.6) is 0 Å². The molecule has 0 saturated carbocycles. The highest BCUT2D eigenvalue weighted by Gasteiger charge is 2.20. The maximum atomic E-state index is 11.6. The number of hydrogen-bond donors (Lipinski definition) is 0. The van der Waals surface area contributed by atoms with E-state index in [0.717, 1.165) is 5.56 Å². The number of amides is 1. The number of rotatable bonds is 5. The smallest absolute Gasteiger partial charge is 0.220 e. The molecule has 18 heavy (non-hydrogen) atoms. The van der Waals surface area contributed by atoms with Crippen LogP contribution in [0.15, 0.2) is 24.3 Å². The van der Waals surface area contributed by atoms with Crippen molar-refractivity contribution in [1.82, 2.24) is 4.90 Å². The van der Waals surface area contributed by atoms with Gasteiger partial charge in [0.05, 0.1) is 18.5 Å². The molecule has 0 saturated heterocycles. The van der Waals surface area contributed by atoms with Crippen molar-refractivity contribution in [3.63, 3.8) is 0 Å². The summed E-state index contributed by atoms with van der Waals surface area (Å²) in [6, 6.07) is 9.05. The molecule has 1 aromatic carbocycles. The van der Waals surface area contributed by atoms with Gasteiger partial charge in [-0.2, -0.15) is 5.26 Å². The first-order valence-electron chi connectivity index (χ1n) is 5.53. The van der Waals surface area contributed by atoms with Crippen LogP contribution in [0.3, 0.4) is 0 Å². The lowest BCUT2D eigenvalue weighted by Gasteiger charge is -2.28. The van der Waals surface area contributed by atoms with Crippen LogP contribution in [0.1, 0.15) is 18.9 Å². The first-order chi connectivity index (χ1) is 8.58. The van der Waals surface area contributed by atoms with Crippen LogP contribution in [-0.4, -0.2) is 22.7 Å². The summed E-state index contributed by atoms with van der Waals surface area (Å²) in [5, 5.41) is 9.39. The van der Waals surface area contributed by atoms with Gasteiger partial charge in [0.15, 0.2) is 0 Å². The standard InChI is InChI=1S/C13H14Cl2N2O/c1-10(18)17(13(8-14)6-7-16)9-11-2-4-12(15)5-3-11/h2-5,13H,6,8-9H2,1H3. The zero-order chi connectivity index (χ0) is 13.5. The Morgan fingerprint density at radius 1 is 1.44 bits per heavy atom. The Bertz CT molecular complexity index is 439. The fraction of sp³-hybridized carbons (Fsp3) is 0.385. The van der Waals surface area contributed by atoms with Crippen molar-refractivity contribution in [1.29, 1.82) is 5.26 Å². The number of alkyl halides is 1. The molecule has 1 amide bonds. The van der Waals surface area contributed by atoms with Crippen molar-refractivity contribution in [3.8, 4) is 6.07 Å². The molecule has 0 N–H and O–H groups in total. The molecule has 0 radical (unpaired) electrons. The summed E-state index contributed by atoms with van der Waals surface area (Å²) in [7, 11) is 0. The molecule has 5 heteroatoms. The summed E-state index contributed by atoms with van der Waals surface area (Å²) < 4.78 is 0. The van der Waals surface area contributed by atoms with E-state index in [1.807, 2.05) is 18.2 Å². The van der Waals surface area contributed by atoms with Gasteiger partial charge in [-0.25, -0.2) is 0 Å². The van der Waals surface area contributed by atoms with Crippen LogP contribution in [0, 0.1) is 11.3 Å². The predicted octanol–water partition coefficient (Wildman–Crippen LogP) is 3.21. The second-order valence-electron chi connectivity index (χ2n) is 3.94. The molecule has 1 unspecified atom stereocenters. The van der Waals surface area contributed by atoms with Gasteiger partial charge >= 0.3 is 0 Å². The van der Waals surface area contributed by atoms with Crippen molar-refractivity contribution in [3.05, 3.63) is 34.9 Å². The number of nitrogens with zero attached hydrogens (tertiary/aromatic N) is 2. The molecule has 0 spiro atoms. The fourth-order valence-corrected chi connectivity index (χ4v) is 2.04. The minimum atomic E-state index is -0.259. The number of carbonyl (C=O) groups excluding carboxylic acids is 1. The Morgan fingerprint density at radius 2 is 2.06 bits per heavy atom. The molecule has 1 aromatic rings. The van der Waals surface area contributed by atoms with Crippen molar-refractivity contribution in [2.75, 3.05) is 5.88 Å². The summed E-state index contributed by atoms with van der Waals surface area (Å²) in [6.45, 7) is 1.92. The summed E-state index contributed by atoms with van der Waals surface area (Å²) >= 11 is 11.6. The zero-order valence-corrected chi connectivity index (χ0v) is 11.6. The van der Waals surface area contributed by atoms with E-state index >= 15 is 0 Å². The van der Waals surface area contributed by atoms with Gasteiger partial charge in [0, 0.05) is 24.4 Å². The Hall–Kier alpha value is -1.24. The second-order valence-corrected chi connectivity index (χ2v) is 4.69. The minimum Gasteiger partial charge on any atom is -0.333 e. The maximum absolute atomic E-state index is 11.6. The van der Waals surface area contributed by atoms with Crippen LogP contribution < -0.4 is 0 Å². The van der Waals surface area contributed by atoms with Crippen LogP contribution in [0.25, 0.3) is 0 Å². The predicted molar refractivity (Wildman–Crippen MR) is 72.4 cm³/mol. The van der Waals surface area contributed by atoms with E-state index in [-0.39, 0.29) is 24.2 Å². The molecule has 0 aromatic heterocycles. The second kappa shape index (κ2) is 7.25. The lowest BCUT2D eigenvalue weighted by molar-refractivity contribution is -0.131. The van der Waals surface area contributed by atoms with Crippen LogP contribution in [0.4, 0.5) is 0 Å². The third-order valence-corrected chi connectivity index (χ3v) is 3.22. The highest BCUT2D eigenvalue weighted by Crippen LogP contribution is 2.15. The molecule has 0 aliphatic carbocycles. The molecule has 3 nitrogen and oxygen atoms in total. The molecular weight excluding hydrogens is 271 g/mol. The van der Waals surface area contributed by atoms with Gasteiger partial charge in [-0.3, -0.25) is 4.79 Å². The normalized spacial score (nSPS) is 11.7. The number of benzene rings is 1. The Labute approximate surface area is 117 Å². The molecule has 0 aliphatic rings. The van der Waals surface area contributed by atoms with E-state index < -0.39 is 0 Å². The number of hydrogen-bond acceptors (Lipinski definition) is 2. The fourth-order valence-electron chi connectivity index (χ4n) is 1.64. The molecule has 0 bridgehead atoms. The summed E-state index contributed by atoms with van der Waals surface area (Å²) in [6.07, 6.45) is 0.233. The van der Waals surface area contributed by atoms with E-state index in [4.69, 9.17) is 28.5 Å². The first-order valence-corrected chi connectivity index (χ1v) is 6.44. The van der Waals surface area contributed by atoms with E-state index in [0.29, 0.717) is 11.6 Å². The van der Waals surface area contributed by atoms with Crippen molar-refractivity contribution in [2.24, 2.45) is 0 Å². The lowest BCUT2D eigenvalue weighted by Crippen LogP contribution is -2.39. The van der Waals surface area contributed by atoms with Gasteiger partial charge in [0.1, 0.15) is 0 Å². The van der Waals surface area contributed by atoms with Crippen molar-refractivity contribution in [2.45, 2.75) is 25.9 Å². The quantitative estimate of drug-likeness (QED) is 0.780. The highest BCUT2D eigenvalue weighted by atomic mass is 35.5. The Morgan fingerprint density at radius 3 is 2.50 bits per heavy atom. The third-order valence-electron chi connectivity index (χ3n) is 2.62. The van der Waals surface area contributed by atoms with Crippen molar-refractivity contribution >= 4 is 29.1 Å². The van der Waals surface area contributed by atoms with E-state index in [2.05, 4.69) is 0 Å². The van der Waals surface area contributed by atoms with E-state index in [9.17, 15) is 4.79 Å². The summed E-state index contributed by atoms with van der Waals surface area (Å²) in [4.78, 5) is 13.2. The van der Waals surface area contributed by atoms with E-state index in [1.165, 1.54) is 6.92 Å². The number of carbonyl (C=O) groups is 1. The SMILES string of the molecule is CC(=O)N(Cc1ccc(Cl)cc1)C(CCl)CC#N. The molecule has 0 heterocycles. The van der Waals surface area contributed by atoms with Gasteiger partial charge < -0.3 is 4.90 Å².